The number of carboxylic acids is 1. The number of carbonyl (C=O) groups excluding carboxylic acids is 1. The Kier molecular flexibility index (Phi) is 6.33. The van der Waals surface area contributed by atoms with Crippen LogP contribution in [0.25, 0.3) is 0 Å². The fourth-order valence-corrected chi connectivity index (χ4v) is 2.96. The van der Waals surface area contributed by atoms with Gasteiger partial charge in [0.05, 0.1) is 18.2 Å². The number of esters is 1. The van der Waals surface area contributed by atoms with Crippen LogP contribution in [0.2, 0.25) is 0 Å². The van der Waals surface area contributed by atoms with Gasteiger partial charge in [-0.2, -0.15) is 5.26 Å². The predicted octanol–water partition coefficient (Wildman–Crippen LogP) is 2.25. The zero-order chi connectivity index (χ0) is 17.5. The molecule has 3 atom stereocenters. The lowest BCUT2D eigenvalue weighted by Gasteiger charge is -2.18. The number of rotatable bonds is 7. The Labute approximate surface area is 141 Å². The molecule has 1 aliphatic heterocycles. The highest BCUT2D eigenvalue weighted by Crippen LogP contribution is 2.32. The third kappa shape index (κ3) is 4.33. The summed E-state index contributed by atoms with van der Waals surface area (Å²) >= 11 is 0. The normalized spacial score (nSPS) is 21.0. The summed E-state index contributed by atoms with van der Waals surface area (Å²) < 4.78 is 5.11. The quantitative estimate of drug-likeness (QED) is 0.452. The summed E-state index contributed by atoms with van der Waals surface area (Å²) in [5.41, 5.74) is 1.57. The van der Waals surface area contributed by atoms with Crippen molar-refractivity contribution in [1.29, 1.82) is 5.26 Å². The van der Waals surface area contributed by atoms with Crippen LogP contribution in [-0.4, -0.2) is 30.2 Å². The third-order valence-corrected chi connectivity index (χ3v) is 4.34. The Balaban J connectivity index is 2.01. The topological polar surface area (TPSA) is 99.4 Å². The molecule has 1 saturated heterocycles. The van der Waals surface area contributed by atoms with E-state index in [1.165, 1.54) is 0 Å². The molecule has 0 amide bonds. The number of nitrogens with zero attached hydrogens (tertiary/aromatic N) is 1. The summed E-state index contributed by atoms with van der Waals surface area (Å²) in [4.78, 5) is 23.6. The molecular weight excluding hydrogens is 308 g/mol. The number of hydrogen-bond donors (Lipinski definition) is 2. The fourth-order valence-electron chi connectivity index (χ4n) is 2.96. The molecule has 0 bridgehead atoms. The molecule has 2 rings (SSSR count). The molecule has 6 nitrogen and oxygen atoms in total. The minimum Gasteiger partial charge on any atom is -0.481 e. The molecule has 128 valence electrons. The van der Waals surface area contributed by atoms with Crippen molar-refractivity contribution in [2.45, 2.75) is 32.2 Å². The van der Waals surface area contributed by atoms with Gasteiger partial charge in [0.15, 0.2) is 5.92 Å². The van der Waals surface area contributed by atoms with Crippen molar-refractivity contribution in [3.8, 4) is 6.07 Å². The number of nitrogens with one attached hydrogen (secondary N) is 1. The summed E-state index contributed by atoms with van der Waals surface area (Å²) in [5, 5.41) is 21.5. The summed E-state index contributed by atoms with van der Waals surface area (Å²) in [7, 11) is 0. The van der Waals surface area contributed by atoms with Crippen LogP contribution in [0.3, 0.4) is 0 Å². The first-order valence-electron chi connectivity index (χ1n) is 8.19. The maximum absolute atomic E-state index is 12.1. The first kappa shape index (κ1) is 18.0. The molecule has 0 radical (unpaired) electrons. The lowest BCUT2D eigenvalue weighted by molar-refractivity contribution is -0.161. The fraction of sp³-hybridized carbons (Fsp3) is 0.500. The van der Waals surface area contributed by atoms with Crippen LogP contribution in [0.4, 0.5) is 0 Å². The standard InChI is InChI=1S/C18H22N2O4/c1-2-3-8-24-18(23)16(17(21)22)14-9-15(20-11-14)13-6-4-12(10-19)5-7-13/h4-7,14-16,20H,2-3,8-9,11H2,1H3,(H,21,22). The molecule has 24 heavy (non-hydrogen) atoms. The molecule has 1 fully saturated rings. The summed E-state index contributed by atoms with van der Waals surface area (Å²) in [6, 6.07) is 9.22. The van der Waals surface area contributed by atoms with Crippen molar-refractivity contribution in [2.75, 3.05) is 13.2 Å². The molecule has 1 heterocycles. The Bertz CT molecular complexity index is 621. The van der Waals surface area contributed by atoms with Gasteiger partial charge >= 0.3 is 11.9 Å². The highest BCUT2D eigenvalue weighted by molar-refractivity contribution is 5.94. The predicted molar refractivity (Wildman–Crippen MR) is 87.0 cm³/mol. The van der Waals surface area contributed by atoms with Gasteiger partial charge in [0.25, 0.3) is 0 Å². The van der Waals surface area contributed by atoms with Crippen molar-refractivity contribution >= 4 is 11.9 Å². The van der Waals surface area contributed by atoms with Crippen LogP contribution in [0.15, 0.2) is 24.3 Å². The van der Waals surface area contributed by atoms with Gasteiger partial charge in [-0.25, -0.2) is 0 Å². The van der Waals surface area contributed by atoms with Crippen LogP contribution in [-0.2, 0) is 14.3 Å². The Morgan fingerprint density at radius 3 is 2.71 bits per heavy atom. The van der Waals surface area contributed by atoms with E-state index >= 15 is 0 Å². The minimum atomic E-state index is -1.14. The molecule has 1 aromatic carbocycles. The number of carbonyl (C=O) groups is 2. The molecule has 1 aromatic rings. The minimum absolute atomic E-state index is 0.0203. The van der Waals surface area contributed by atoms with Gasteiger partial charge in [0, 0.05) is 12.6 Å². The molecule has 0 aromatic heterocycles. The van der Waals surface area contributed by atoms with Crippen molar-refractivity contribution in [3.63, 3.8) is 0 Å². The van der Waals surface area contributed by atoms with Crippen LogP contribution in [0, 0.1) is 23.2 Å². The van der Waals surface area contributed by atoms with Crippen molar-refractivity contribution < 1.29 is 19.4 Å². The molecule has 0 aliphatic carbocycles. The first-order valence-corrected chi connectivity index (χ1v) is 8.19. The van der Waals surface area contributed by atoms with Crippen molar-refractivity contribution in [1.82, 2.24) is 5.32 Å². The highest BCUT2D eigenvalue weighted by Gasteiger charge is 2.40. The Morgan fingerprint density at radius 2 is 2.12 bits per heavy atom. The van der Waals surface area contributed by atoms with E-state index in [2.05, 4.69) is 11.4 Å². The maximum atomic E-state index is 12.1. The number of benzene rings is 1. The van der Waals surface area contributed by atoms with Crippen molar-refractivity contribution in [2.24, 2.45) is 11.8 Å². The van der Waals surface area contributed by atoms with Gasteiger partial charge in [-0.05, 0) is 36.5 Å². The zero-order valence-electron chi connectivity index (χ0n) is 13.7. The second-order valence-electron chi connectivity index (χ2n) is 6.03. The average molecular weight is 330 g/mol. The van der Waals surface area contributed by atoms with Gasteiger partial charge in [0.2, 0.25) is 0 Å². The number of nitriles is 1. The van der Waals surface area contributed by atoms with Crippen LogP contribution >= 0.6 is 0 Å². The number of ether oxygens (including phenoxy) is 1. The number of hydrogen-bond acceptors (Lipinski definition) is 5. The number of unbranched alkanes of at least 4 members (excludes halogenated alkanes) is 1. The lowest BCUT2D eigenvalue weighted by Crippen LogP contribution is -2.34. The van der Waals surface area contributed by atoms with E-state index in [0.29, 0.717) is 18.5 Å². The van der Waals surface area contributed by atoms with E-state index in [0.717, 1.165) is 18.4 Å². The van der Waals surface area contributed by atoms with E-state index < -0.39 is 17.9 Å². The maximum Gasteiger partial charge on any atom is 0.320 e. The van der Waals surface area contributed by atoms with Crippen LogP contribution in [0.5, 0.6) is 0 Å². The zero-order valence-corrected chi connectivity index (χ0v) is 13.7. The van der Waals surface area contributed by atoms with Gasteiger partial charge in [-0.3, -0.25) is 9.59 Å². The Hall–Kier alpha value is -2.39. The molecule has 6 heteroatoms. The van der Waals surface area contributed by atoms with Gasteiger partial charge in [-0.1, -0.05) is 25.5 Å². The largest absolute Gasteiger partial charge is 0.481 e. The first-order chi connectivity index (χ1) is 11.6. The summed E-state index contributed by atoms with van der Waals surface area (Å²) in [6.07, 6.45) is 2.16. The summed E-state index contributed by atoms with van der Waals surface area (Å²) in [6.45, 7) is 2.69. The molecular formula is C18H22N2O4. The van der Waals surface area contributed by atoms with E-state index in [1.807, 2.05) is 19.1 Å². The van der Waals surface area contributed by atoms with Gasteiger partial charge < -0.3 is 15.2 Å². The highest BCUT2D eigenvalue weighted by atomic mass is 16.5. The molecule has 0 saturated carbocycles. The number of carboxylic acid groups (broad SMARTS) is 1. The average Bonchev–Trinajstić information content (AvgIpc) is 3.04. The van der Waals surface area contributed by atoms with Crippen molar-refractivity contribution in [3.05, 3.63) is 35.4 Å². The smallest absolute Gasteiger partial charge is 0.320 e. The monoisotopic (exact) mass is 330 g/mol. The van der Waals surface area contributed by atoms with Crippen LogP contribution in [0.1, 0.15) is 43.4 Å². The van der Waals surface area contributed by atoms with Gasteiger partial charge in [0.1, 0.15) is 0 Å². The number of aliphatic carboxylic acids is 1. The third-order valence-electron chi connectivity index (χ3n) is 4.34. The summed E-state index contributed by atoms with van der Waals surface area (Å²) in [5.74, 6) is -3.23. The van der Waals surface area contributed by atoms with E-state index in [1.54, 1.807) is 12.1 Å². The molecule has 2 N–H and O–H groups in total. The molecule has 0 spiro atoms. The Morgan fingerprint density at radius 1 is 1.42 bits per heavy atom. The van der Waals surface area contributed by atoms with Crippen LogP contribution < -0.4 is 5.32 Å². The second-order valence-corrected chi connectivity index (χ2v) is 6.03. The SMILES string of the molecule is CCCCOC(=O)C(C(=O)O)C1CNC(c2ccc(C#N)cc2)C1. The van der Waals surface area contributed by atoms with E-state index in [9.17, 15) is 14.7 Å². The molecule has 3 unspecified atom stereocenters. The van der Waals surface area contributed by atoms with E-state index in [4.69, 9.17) is 10.00 Å². The lowest BCUT2D eigenvalue weighted by atomic mass is 9.88. The second kappa shape index (κ2) is 8.46. The van der Waals surface area contributed by atoms with Gasteiger partial charge in [-0.15, -0.1) is 0 Å². The molecule has 1 aliphatic rings. The van der Waals surface area contributed by atoms with E-state index in [-0.39, 0.29) is 18.6 Å².